The Morgan fingerprint density at radius 2 is 1.48 bits per heavy atom. The minimum Gasteiger partial charge on any atom is -0.504 e. The molecule has 44 heavy (non-hydrogen) atoms. The van der Waals surface area contributed by atoms with Crippen LogP contribution in [0.5, 0.6) is 34.5 Å². The lowest BCUT2D eigenvalue weighted by Crippen LogP contribution is -2.68. The molecule has 2 aromatic carbocycles. The van der Waals surface area contributed by atoms with Crippen molar-refractivity contribution < 1.29 is 33.6 Å². The molecule has 0 saturated carbocycles. The van der Waals surface area contributed by atoms with Crippen molar-refractivity contribution >= 4 is 0 Å². The molecule has 1 saturated heterocycles. The molecule has 0 spiro atoms. The first-order valence-corrected chi connectivity index (χ1v) is 14.8. The standard InChI is InChI=1S/C33H40N4O7/c1-16-30(40-4)19-12-22-27-26-20(31(41-5)17(2)33(43-7)29(26)39)11-21(36(27)3)23(13-34)37(22)24(25(19)28(38)32(16)42-6)15-35-14-18-9-8-10-44-18/h8-10,21-24,27,35,38-39H,11-12,14-15H2,1-7H3/t21-,22+,23+,24+,27-/m1/s1. The molecule has 6 rings (SSSR count). The van der Waals surface area contributed by atoms with Crippen LogP contribution >= 0.6 is 0 Å². The molecular weight excluding hydrogens is 564 g/mol. The maximum Gasteiger partial charge on any atom is 0.167 e. The zero-order chi connectivity index (χ0) is 31.4. The number of phenols is 2. The van der Waals surface area contributed by atoms with Crippen LogP contribution in [0, 0.1) is 25.2 Å². The average Bonchev–Trinajstić information content (AvgIpc) is 3.52. The molecule has 3 aromatic rings. The molecule has 0 amide bonds. The second kappa shape index (κ2) is 11.4. The number of rotatable bonds is 8. The quantitative estimate of drug-likeness (QED) is 0.346. The van der Waals surface area contributed by atoms with E-state index < -0.39 is 12.1 Å². The zero-order valence-corrected chi connectivity index (χ0v) is 26.2. The summed E-state index contributed by atoms with van der Waals surface area (Å²) < 4.78 is 28.8. The van der Waals surface area contributed by atoms with Gasteiger partial charge < -0.3 is 38.9 Å². The van der Waals surface area contributed by atoms with Crippen LogP contribution in [0.4, 0.5) is 0 Å². The molecule has 234 valence electrons. The van der Waals surface area contributed by atoms with Gasteiger partial charge in [0.1, 0.15) is 23.3 Å². The van der Waals surface area contributed by atoms with Gasteiger partial charge in [0.05, 0.1) is 59.4 Å². The molecule has 11 heteroatoms. The van der Waals surface area contributed by atoms with Gasteiger partial charge in [-0.15, -0.1) is 0 Å². The Morgan fingerprint density at radius 1 is 0.909 bits per heavy atom. The number of benzene rings is 2. The second-order valence-corrected chi connectivity index (χ2v) is 11.8. The van der Waals surface area contributed by atoms with E-state index in [0.29, 0.717) is 60.1 Å². The number of methoxy groups -OCH3 is 4. The number of nitrogens with one attached hydrogen (secondary N) is 1. The molecule has 0 radical (unpaired) electrons. The number of phenolic OH excluding ortho intramolecular Hbond substituents is 2. The number of nitriles is 1. The molecule has 4 heterocycles. The second-order valence-electron chi connectivity index (χ2n) is 11.8. The third kappa shape index (κ3) is 4.19. The number of nitrogens with zero attached hydrogens (tertiary/aromatic N) is 3. The van der Waals surface area contributed by atoms with E-state index in [4.69, 9.17) is 23.4 Å². The fourth-order valence-corrected chi connectivity index (χ4v) is 8.16. The Morgan fingerprint density at radius 3 is 2.02 bits per heavy atom. The summed E-state index contributed by atoms with van der Waals surface area (Å²) in [6.07, 6.45) is 2.59. The molecule has 1 aromatic heterocycles. The van der Waals surface area contributed by atoms with E-state index in [9.17, 15) is 15.5 Å². The summed E-state index contributed by atoms with van der Waals surface area (Å²) in [6.45, 7) is 4.63. The van der Waals surface area contributed by atoms with Crippen molar-refractivity contribution in [3.05, 3.63) is 57.5 Å². The lowest BCUT2D eigenvalue weighted by atomic mass is 9.71. The fraction of sp³-hybridized carbons (Fsp3) is 0.485. The normalized spacial score (nSPS) is 24.1. The highest BCUT2D eigenvalue weighted by molar-refractivity contribution is 5.67. The molecule has 3 aliphatic heterocycles. The van der Waals surface area contributed by atoms with Crippen molar-refractivity contribution in [3.8, 4) is 40.6 Å². The van der Waals surface area contributed by atoms with E-state index in [-0.39, 0.29) is 29.6 Å². The summed E-state index contributed by atoms with van der Waals surface area (Å²) in [5.41, 5.74) is 4.60. The number of likely N-dealkylation sites (N-methyl/N-ethyl adjacent to an activating group) is 1. The van der Waals surface area contributed by atoms with Crippen LogP contribution in [0.3, 0.4) is 0 Å². The van der Waals surface area contributed by atoms with E-state index in [2.05, 4.69) is 21.2 Å². The summed E-state index contributed by atoms with van der Waals surface area (Å²) in [5, 5.41) is 37.8. The number of piperazine rings is 1. The molecule has 3 aliphatic rings. The monoisotopic (exact) mass is 604 g/mol. The number of hydrogen-bond donors (Lipinski definition) is 3. The summed E-state index contributed by atoms with van der Waals surface area (Å²) in [5.74, 6) is 2.96. The molecule has 2 bridgehead atoms. The number of ether oxygens (including phenoxy) is 4. The minimum absolute atomic E-state index is 0.0482. The van der Waals surface area contributed by atoms with Crippen molar-refractivity contribution in [2.45, 2.75) is 63.4 Å². The molecule has 5 atom stereocenters. The van der Waals surface area contributed by atoms with Gasteiger partial charge in [-0.2, -0.15) is 5.26 Å². The lowest BCUT2D eigenvalue weighted by molar-refractivity contribution is -0.0729. The van der Waals surface area contributed by atoms with E-state index in [1.807, 2.05) is 33.0 Å². The first-order chi connectivity index (χ1) is 21.2. The summed E-state index contributed by atoms with van der Waals surface area (Å²) in [6, 6.07) is 4.61. The van der Waals surface area contributed by atoms with Gasteiger partial charge in [0, 0.05) is 52.0 Å². The number of fused-ring (bicyclic) bond motifs is 7. The van der Waals surface area contributed by atoms with Crippen molar-refractivity contribution in [3.63, 3.8) is 0 Å². The van der Waals surface area contributed by atoms with Crippen molar-refractivity contribution in [1.29, 1.82) is 5.26 Å². The van der Waals surface area contributed by atoms with Crippen molar-refractivity contribution in [2.75, 3.05) is 42.0 Å². The molecule has 0 aliphatic carbocycles. The van der Waals surface area contributed by atoms with E-state index in [0.717, 1.165) is 28.0 Å². The number of furan rings is 1. The van der Waals surface area contributed by atoms with Gasteiger partial charge in [-0.1, -0.05) is 0 Å². The maximum absolute atomic E-state index is 11.7. The molecule has 11 nitrogen and oxygen atoms in total. The highest BCUT2D eigenvalue weighted by Gasteiger charge is 2.57. The Balaban J connectivity index is 1.58. The van der Waals surface area contributed by atoms with Crippen molar-refractivity contribution in [1.82, 2.24) is 15.1 Å². The van der Waals surface area contributed by atoms with Crippen LogP contribution < -0.4 is 24.3 Å². The van der Waals surface area contributed by atoms with Crippen LogP contribution in [0.25, 0.3) is 0 Å². The van der Waals surface area contributed by atoms with Gasteiger partial charge in [0.2, 0.25) is 0 Å². The topological polar surface area (TPSA) is 133 Å². The third-order valence-corrected chi connectivity index (χ3v) is 9.88. The Hall–Kier alpha value is -4.11. The lowest BCUT2D eigenvalue weighted by Gasteiger charge is -2.60. The fourth-order valence-electron chi connectivity index (χ4n) is 8.16. The van der Waals surface area contributed by atoms with Crippen LogP contribution in [0.1, 0.15) is 51.2 Å². The number of aromatic hydroxyl groups is 2. The summed E-state index contributed by atoms with van der Waals surface area (Å²) >= 11 is 0. The van der Waals surface area contributed by atoms with Crippen molar-refractivity contribution in [2.24, 2.45) is 0 Å². The Bertz CT molecular complexity index is 1620. The van der Waals surface area contributed by atoms with Gasteiger partial charge in [-0.05, 0) is 45.9 Å². The SMILES string of the molecule is COc1c(C)c(OC)c2c(c1O)[C@H]1[C@@H]3Cc4c(OC)c(C)c(OC)c(O)c4[C@H](CNCc4ccco4)N3[C@@H](C#N)[C@@H](C2)N1C. The first-order valence-electron chi connectivity index (χ1n) is 14.8. The number of hydrogen-bond acceptors (Lipinski definition) is 11. The molecule has 3 N–H and O–H groups in total. The average molecular weight is 605 g/mol. The molecule has 0 unspecified atom stereocenters. The minimum atomic E-state index is -0.537. The summed E-state index contributed by atoms with van der Waals surface area (Å²) in [7, 11) is 8.35. The zero-order valence-electron chi connectivity index (χ0n) is 26.2. The predicted octanol–water partition coefficient (Wildman–Crippen LogP) is 3.90. The van der Waals surface area contributed by atoms with E-state index >= 15 is 0 Å². The highest BCUT2D eigenvalue weighted by Crippen LogP contribution is 2.58. The smallest absolute Gasteiger partial charge is 0.167 e. The van der Waals surface area contributed by atoms with Crippen LogP contribution in [-0.2, 0) is 19.4 Å². The molecule has 1 fully saturated rings. The predicted molar refractivity (Wildman–Crippen MR) is 162 cm³/mol. The van der Waals surface area contributed by atoms with Gasteiger partial charge in [-0.3, -0.25) is 9.80 Å². The maximum atomic E-state index is 11.7. The first kappa shape index (κ1) is 29.9. The van der Waals surface area contributed by atoms with Crippen LogP contribution in [0.2, 0.25) is 0 Å². The van der Waals surface area contributed by atoms with E-state index in [1.54, 1.807) is 27.6 Å². The largest absolute Gasteiger partial charge is 0.504 e. The van der Waals surface area contributed by atoms with Gasteiger partial charge in [0.25, 0.3) is 0 Å². The Labute approximate surface area is 257 Å². The highest BCUT2D eigenvalue weighted by atomic mass is 16.5. The van der Waals surface area contributed by atoms with Crippen LogP contribution in [-0.4, -0.2) is 80.2 Å². The third-order valence-electron chi connectivity index (χ3n) is 9.88. The molecular formula is C33H40N4O7. The van der Waals surface area contributed by atoms with Gasteiger partial charge in [-0.25, -0.2) is 0 Å². The van der Waals surface area contributed by atoms with Crippen LogP contribution in [0.15, 0.2) is 22.8 Å². The summed E-state index contributed by atoms with van der Waals surface area (Å²) in [4.78, 5) is 4.44. The van der Waals surface area contributed by atoms with E-state index in [1.165, 1.54) is 7.11 Å². The van der Waals surface area contributed by atoms with Gasteiger partial charge >= 0.3 is 0 Å². The Kier molecular flexibility index (Phi) is 7.78. The van der Waals surface area contributed by atoms with Gasteiger partial charge in [0.15, 0.2) is 23.0 Å².